The first-order chi connectivity index (χ1) is 13.8. The molecule has 7 heteroatoms. The summed E-state index contributed by atoms with van der Waals surface area (Å²) >= 11 is 0. The molecule has 3 atom stereocenters. The third kappa shape index (κ3) is 4.24. The van der Waals surface area contributed by atoms with E-state index in [-0.39, 0.29) is 30.2 Å². The van der Waals surface area contributed by atoms with Crippen LogP contribution < -0.4 is 10.6 Å². The summed E-state index contributed by atoms with van der Waals surface area (Å²) in [5, 5.41) is 17.0. The number of para-hydroxylation sites is 1. The van der Waals surface area contributed by atoms with Crippen molar-refractivity contribution in [3.05, 3.63) is 41.7 Å². The molecular formula is C22H28N4O3. The fourth-order valence-electron chi connectivity index (χ4n) is 3.42. The van der Waals surface area contributed by atoms with Crippen LogP contribution in [-0.2, 0) is 4.79 Å². The number of aryl methyl sites for hydroxylation is 1. The van der Waals surface area contributed by atoms with Crippen LogP contribution in [0.15, 0.2) is 30.3 Å². The number of fused-ring (bicyclic) bond motifs is 3. The van der Waals surface area contributed by atoms with Gasteiger partial charge >= 0.3 is 0 Å². The van der Waals surface area contributed by atoms with Crippen LogP contribution in [0.4, 0.5) is 0 Å². The molecule has 0 saturated carbocycles. The third-order valence-corrected chi connectivity index (χ3v) is 5.51. The summed E-state index contributed by atoms with van der Waals surface area (Å²) in [7, 11) is 0. The molecule has 0 aliphatic heterocycles. The number of aliphatic hydroxyl groups is 1. The van der Waals surface area contributed by atoms with Gasteiger partial charge in [-0.1, -0.05) is 38.5 Å². The molecule has 3 aromatic rings. The second-order valence-corrected chi connectivity index (χ2v) is 7.56. The number of nitrogens with one attached hydrogen (secondary N) is 3. The predicted molar refractivity (Wildman–Crippen MR) is 114 cm³/mol. The van der Waals surface area contributed by atoms with Gasteiger partial charge in [-0.05, 0) is 31.9 Å². The number of H-pyrrole nitrogens is 1. The average molecular weight is 396 g/mol. The lowest BCUT2D eigenvalue weighted by Crippen LogP contribution is -2.50. The number of nitrogens with zero attached hydrogens (tertiary/aromatic N) is 1. The number of carbonyl (C=O) groups excluding carboxylic acids is 2. The molecule has 154 valence electrons. The Kier molecular flexibility index (Phi) is 6.17. The highest BCUT2D eigenvalue weighted by molar-refractivity contribution is 6.10. The second-order valence-electron chi connectivity index (χ2n) is 7.56. The molecule has 0 saturated heterocycles. The Morgan fingerprint density at radius 2 is 1.90 bits per heavy atom. The lowest BCUT2D eigenvalue weighted by molar-refractivity contribution is -0.124. The van der Waals surface area contributed by atoms with E-state index in [1.807, 2.05) is 45.0 Å². The first-order valence-corrected chi connectivity index (χ1v) is 9.95. The minimum Gasteiger partial charge on any atom is -0.394 e. The standard InChI is InChI=1S/C22H28N4O3/c1-5-12(2)19(11-27)26-21(28)14(4)24-22(29)18-10-16-15-8-6-7-9-17(15)25-20(16)13(3)23-18/h6-10,12,14,19,25,27H,5,11H2,1-4H3,(H,24,29)(H,26,28). The van der Waals surface area contributed by atoms with Gasteiger partial charge in [0.1, 0.15) is 11.7 Å². The molecule has 3 unspecified atom stereocenters. The van der Waals surface area contributed by atoms with Crippen LogP contribution in [0.5, 0.6) is 0 Å². The van der Waals surface area contributed by atoms with Gasteiger partial charge in [-0.15, -0.1) is 0 Å². The van der Waals surface area contributed by atoms with Crippen molar-refractivity contribution in [1.82, 2.24) is 20.6 Å². The van der Waals surface area contributed by atoms with Gasteiger partial charge in [0.25, 0.3) is 5.91 Å². The normalized spacial score (nSPS) is 14.5. The summed E-state index contributed by atoms with van der Waals surface area (Å²) in [6.07, 6.45) is 0.833. The van der Waals surface area contributed by atoms with E-state index in [0.717, 1.165) is 33.9 Å². The maximum Gasteiger partial charge on any atom is 0.270 e. The van der Waals surface area contributed by atoms with E-state index in [1.54, 1.807) is 13.0 Å². The number of rotatable bonds is 7. The van der Waals surface area contributed by atoms with Gasteiger partial charge in [0.15, 0.2) is 0 Å². The van der Waals surface area contributed by atoms with Gasteiger partial charge < -0.3 is 20.7 Å². The van der Waals surface area contributed by atoms with Gasteiger partial charge in [0.05, 0.1) is 23.9 Å². The molecular weight excluding hydrogens is 368 g/mol. The third-order valence-electron chi connectivity index (χ3n) is 5.51. The molecule has 4 N–H and O–H groups in total. The summed E-state index contributed by atoms with van der Waals surface area (Å²) in [5.74, 6) is -0.602. The molecule has 0 bridgehead atoms. The molecule has 7 nitrogen and oxygen atoms in total. The molecule has 29 heavy (non-hydrogen) atoms. The quantitative estimate of drug-likeness (QED) is 0.492. The van der Waals surface area contributed by atoms with Crippen LogP contribution in [-0.4, -0.2) is 45.6 Å². The van der Waals surface area contributed by atoms with Crippen LogP contribution in [0.25, 0.3) is 21.8 Å². The average Bonchev–Trinajstić information content (AvgIpc) is 3.10. The van der Waals surface area contributed by atoms with Gasteiger partial charge in [0.2, 0.25) is 5.91 Å². The van der Waals surface area contributed by atoms with E-state index in [1.165, 1.54) is 0 Å². The minimum absolute atomic E-state index is 0.139. The molecule has 0 aliphatic carbocycles. The molecule has 0 radical (unpaired) electrons. The Morgan fingerprint density at radius 3 is 2.59 bits per heavy atom. The number of hydrogen-bond donors (Lipinski definition) is 4. The predicted octanol–water partition coefficient (Wildman–Crippen LogP) is 2.67. The number of amides is 2. The van der Waals surface area contributed by atoms with Crippen molar-refractivity contribution in [2.45, 2.75) is 46.2 Å². The van der Waals surface area contributed by atoms with E-state index in [2.05, 4.69) is 20.6 Å². The van der Waals surface area contributed by atoms with Gasteiger partial charge in [0, 0.05) is 16.3 Å². The number of aromatic amines is 1. The Bertz CT molecular complexity index is 1040. The largest absolute Gasteiger partial charge is 0.394 e. The summed E-state index contributed by atoms with van der Waals surface area (Å²) < 4.78 is 0. The van der Waals surface area contributed by atoms with Crippen LogP contribution in [0.3, 0.4) is 0 Å². The molecule has 0 aliphatic rings. The fourth-order valence-corrected chi connectivity index (χ4v) is 3.42. The Hall–Kier alpha value is -2.93. The number of benzene rings is 1. The smallest absolute Gasteiger partial charge is 0.270 e. The molecule has 2 heterocycles. The van der Waals surface area contributed by atoms with Gasteiger partial charge in [-0.2, -0.15) is 0 Å². The number of pyridine rings is 1. The highest BCUT2D eigenvalue weighted by atomic mass is 16.3. The molecule has 2 aromatic heterocycles. The molecule has 0 spiro atoms. The van der Waals surface area contributed by atoms with Crippen LogP contribution in [0.1, 0.15) is 43.4 Å². The van der Waals surface area contributed by atoms with Gasteiger partial charge in [-0.25, -0.2) is 4.98 Å². The Balaban J connectivity index is 1.78. The van der Waals surface area contributed by atoms with Crippen molar-refractivity contribution < 1.29 is 14.7 Å². The van der Waals surface area contributed by atoms with E-state index in [4.69, 9.17) is 0 Å². The maximum absolute atomic E-state index is 12.7. The second kappa shape index (κ2) is 8.61. The summed E-state index contributed by atoms with van der Waals surface area (Å²) in [4.78, 5) is 32.9. The number of aliphatic hydroxyl groups excluding tert-OH is 1. The zero-order valence-electron chi connectivity index (χ0n) is 17.2. The summed E-state index contributed by atoms with van der Waals surface area (Å²) in [6.45, 7) is 7.30. The summed E-state index contributed by atoms with van der Waals surface area (Å²) in [6, 6.07) is 8.54. The topological polar surface area (TPSA) is 107 Å². The van der Waals surface area contributed by atoms with E-state index >= 15 is 0 Å². The van der Waals surface area contributed by atoms with E-state index in [9.17, 15) is 14.7 Å². The van der Waals surface area contributed by atoms with Crippen molar-refractivity contribution in [3.63, 3.8) is 0 Å². The number of carbonyl (C=O) groups is 2. The first kappa shape index (κ1) is 20.8. The van der Waals surface area contributed by atoms with E-state index in [0.29, 0.717) is 0 Å². The highest BCUT2D eigenvalue weighted by Gasteiger charge is 2.23. The van der Waals surface area contributed by atoms with Crippen molar-refractivity contribution in [1.29, 1.82) is 0 Å². The van der Waals surface area contributed by atoms with Crippen LogP contribution in [0.2, 0.25) is 0 Å². The monoisotopic (exact) mass is 396 g/mol. The molecule has 0 fully saturated rings. The van der Waals surface area contributed by atoms with Crippen LogP contribution in [0, 0.1) is 12.8 Å². The van der Waals surface area contributed by atoms with Crippen molar-refractivity contribution in [3.8, 4) is 0 Å². The first-order valence-electron chi connectivity index (χ1n) is 9.95. The van der Waals surface area contributed by atoms with Crippen molar-refractivity contribution in [2.75, 3.05) is 6.61 Å². The Labute approximate surface area is 169 Å². The summed E-state index contributed by atoms with van der Waals surface area (Å²) in [5.41, 5.74) is 2.86. The SMILES string of the molecule is CCC(C)C(CO)NC(=O)C(C)NC(=O)c1cc2c([nH]c3ccccc32)c(C)n1. The van der Waals surface area contributed by atoms with Crippen molar-refractivity contribution in [2.24, 2.45) is 5.92 Å². The number of hydrogen-bond acceptors (Lipinski definition) is 4. The zero-order valence-corrected chi connectivity index (χ0v) is 17.2. The minimum atomic E-state index is -0.749. The lowest BCUT2D eigenvalue weighted by atomic mass is 9.99. The zero-order chi connectivity index (χ0) is 21.1. The maximum atomic E-state index is 12.7. The van der Waals surface area contributed by atoms with Gasteiger partial charge in [-0.3, -0.25) is 9.59 Å². The van der Waals surface area contributed by atoms with Crippen LogP contribution >= 0.6 is 0 Å². The highest BCUT2D eigenvalue weighted by Crippen LogP contribution is 2.27. The lowest BCUT2D eigenvalue weighted by Gasteiger charge is -2.24. The Morgan fingerprint density at radius 1 is 1.17 bits per heavy atom. The molecule has 3 rings (SSSR count). The van der Waals surface area contributed by atoms with Crippen molar-refractivity contribution >= 4 is 33.6 Å². The molecule has 1 aromatic carbocycles. The number of aromatic nitrogens is 2. The fraction of sp³-hybridized carbons (Fsp3) is 0.409. The van der Waals surface area contributed by atoms with E-state index < -0.39 is 11.9 Å². The molecule has 2 amide bonds.